The normalized spacial score (nSPS) is 18.1. The van der Waals surface area contributed by atoms with E-state index in [1.54, 1.807) is 0 Å². The van der Waals surface area contributed by atoms with Crippen LogP contribution in [0.2, 0.25) is 0 Å². The van der Waals surface area contributed by atoms with Crippen LogP contribution in [0.5, 0.6) is 0 Å². The first-order valence-electron chi connectivity index (χ1n) is 34.5. The molecule has 1 fully saturated rings. The van der Waals surface area contributed by atoms with Crippen LogP contribution >= 0.6 is 0 Å². The fourth-order valence-electron chi connectivity index (χ4n) is 9.75. The second kappa shape index (κ2) is 61.4. The van der Waals surface area contributed by atoms with Crippen molar-refractivity contribution in [2.24, 2.45) is 0 Å². The number of hydrogen-bond acceptors (Lipinski definition) is 11. The van der Waals surface area contributed by atoms with Crippen LogP contribution in [0.4, 0.5) is 0 Å². The maximum absolute atomic E-state index is 13.2. The summed E-state index contributed by atoms with van der Waals surface area (Å²) in [5, 5.41) is 31.6. The second-order valence-corrected chi connectivity index (χ2v) is 23.1. The van der Waals surface area contributed by atoms with Crippen LogP contribution in [0.15, 0.2) is 122 Å². The van der Waals surface area contributed by atoms with Gasteiger partial charge in [-0.1, -0.05) is 258 Å². The van der Waals surface area contributed by atoms with E-state index in [2.05, 4.69) is 124 Å². The molecule has 0 radical (unpaired) electrons. The zero-order chi connectivity index (χ0) is 63.1. The Balaban J connectivity index is 2.69. The number of carbonyl (C=O) groups is 4. The summed E-state index contributed by atoms with van der Waals surface area (Å²) in [6.45, 7) is 5.82. The topological polar surface area (TPSA) is 175 Å². The van der Waals surface area contributed by atoms with Crippen LogP contribution in [0.3, 0.4) is 0 Å². The average Bonchev–Trinajstić information content (AvgIpc) is 2.60. The van der Waals surface area contributed by atoms with Gasteiger partial charge in [-0.3, -0.25) is 14.4 Å². The van der Waals surface area contributed by atoms with Gasteiger partial charge in [-0.15, -0.1) is 0 Å². The van der Waals surface area contributed by atoms with Crippen molar-refractivity contribution < 1.29 is 58.2 Å². The molecule has 0 aromatic rings. The number of aliphatic carboxylic acids is 1. The Kier molecular flexibility index (Phi) is 56.5. The minimum absolute atomic E-state index is 0.0705. The molecule has 494 valence electrons. The molecular formula is C75H122O12. The van der Waals surface area contributed by atoms with Crippen molar-refractivity contribution in [3.05, 3.63) is 122 Å². The summed E-state index contributed by atoms with van der Waals surface area (Å²) in [5.41, 5.74) is 0. The zero-order valence-electron chi connectivity index (χ0n) is 54.7. The van der Waals surface area contributed by atoms with E-state index >= 15 is 0 Å². The first kappa shape index (κ1) is 80.1. The van der Waals surface area contributed by atoms with E-state index in [0.717, 1.165) is 103 Å². The summed E-state index contributed by atoms with van der Waals surface area (Å²) in [5.74, 6) is -3.24. The molecule has 3 N–H and O–H groups in total. The summed E-state index contributed by atoms with van der Waals surface area (Å²) >= 11 is 0. The Morgan fingerprint density at radius 3 is 1.15 bits per heavy atom. The minimum Gasteiger partial charge on any atom is -0.479 e. The number of rotatable bonds is 58. The Morgan fingerprint density at radius 2 is 0.747 bits per heavy atom. The van der Waals surface area contributed by atoms with Gasteiger partial charge in [0.15, 0.2) is 24.6 Å². The van der Waals surface area contributed by atoms with Crippen molar-refractivity contribution in [1.82, 2.24) is 0 Å². The third-order valence-corrected chi connectivity index (χ3v) is 15.0. The van der Waals surface area contributed by atoms with Gasteiger partial charge in [0.2, 0.25) is 0 Å². The lowest BCUT2D eigenvalue weighted by Crippen LogP contribution is -2.61. The molecule has 1 saturated heterocycles. The predicted octanol–water partition coefficient (Wildman–Crippen LogP) is 19.1. The van der Waals surface area contributed by atoms with E-state index in [0.29, 0.717) is 25.7 Å². The molecule has 6 atom stereocenters. The zero-order valence-corrected chi connectivity index (χ0v) is 54.7. The maximum Gasteiger partial charge on any atom is 0.335 e. The Hall–Kier alpha value is -4.88. The lowest BCUT2D eigenvalue weighted by molar-refractivity contribution is -0.301. The molecule has 6 unspecified atom stereocenters. The van der Waals surface area contributed by atoms with Gasteiger partial charge in [0.25, 0.3) is 0 Å². The van der Waals surface area contributed by atoms with E-state index < -0.39 is 67.3 Å². The quantitative estimate of drug-likeness (QED) is 0.0228. The van der Waals surface area contributed by atoms with E-state index in [9.17, 15) is 34.5 Å². The van der Waals surface area contributed by atoms with Crippen LogP contribution in [-0.4, -0.2) is 89.2 Å². The molecule has 12 heteroatoms. The van der Waals surface area contributed by atoms with Crippen LogP contribution in [0.25, 0.3) is 0 Å². The van der Waals surface area contributed by atoms with E-state index in [1.807, 2.05) is 18.2 Å². The molecule has 0 bridgehead atoms. The number of esters is 3. The lowest BCUT2D eigenvalue weighted by atomic mass is 9.98. The summed E-state index contributed by atoms with van der Waals surface area (Å²) < 4.78 is 28.5. The van der Waals surface area contributed by atoms with Crippen molar-refractivity contribution in [3.63, 3.8) is 0 Å². The van der Waals surface area contributed by atoms with Crippen molar-refractivity contribution in [2.75, 3.05) is 13.2 Å². The smallest absolute Gasteiger partial charge is 0.335 e. The summed E-state index contributed by atoms with van der Waals surface area (Å²) in [7, 11) is 0. The predicted molar refractivity (Wildman–Crippen MR) is 358 cm³/mol. The molecule has 0 amide bonds. The Labute approximate surface area is 528 Å². The first-order valence-corrected chi connectivity index (χ1v) is 34.5. The molecule has 0 aromatic heterocycles. The van der Waals surface area contributed by atoms with Gasteiger partial charge in [0.1, 0.15) is 18.8 Å². The molecular weight excluding hydrogens is 1090 g/mol. The molecule has 1 aliphatic rings. The van der Waals surface area contributed by atoms with Crippen LogP contribution in [0, 0.1) is 0 Å². The average molecular weight is 1220 g/mol. The number of unbranched alkanes of at least 4 members (excludes halogenated alkanes) is 24. The molecule has 1 aliphatic heterocycles. The molecule has 1 heterocycles. The molecule has 0 aromatic carbocycles. The van der Waals surface area contributed by atoms with Gasteiger partial charge in [0.05, 0.1) is 6.61 Å². The number of aliphatic hydroxyl groups is 2. The number of hydrogen-bond donors (Lipinski definition) is 3. The highest BCUT2D eigenvalue weighted by atomic mass is 16.7. The van der Waals surface area contributed by atoms with Gasteiger partial charge in [-0.25, -0.2) is 4.79 Å². The second-order valence-electron chi connectivity index (χ2n) is 23.1. The number of carboxylic acid groups (broad SMARTS) is 1. The van der Waals surface area contributed by atoms with Crippen LogP contribution in [-0.2, 0) is 42.9 Å². The van der Waals surface area contributed by atoms with Crippen molar-refractivity contribution >= 4 is 23.9 Å². The highest BCUT2D eigenvalue weighted by Gasteiger charge is 2.50. The highest BCUT2D eigenvalue weighted by Crippen LogP contribution is 2.26. The van der Waals surface area contributed by atoms with Gasteiger partial charge in [-0.05, 0) is 122 Å². The SMILES string of the molecule is CC/C=C\C/C=C\C/C=C\C/C=C\C/C=C\C/C=C\CCC(=O)OC1C(OCC(COC(=O)CCCCCCCCCCC/C=C\C/C=C\CCCCC)OC(=O)CCCCCCCCCCC/C=C\C/C=C\CCCCC)OC(C(=O)O)C(O)C1O. The number of aliphatic hydroxyl groups excluding tert-OH is 2. The standard InChI is InChI=1S/C75H122O12/c1-4-7-10-13-16-19-22-25-28-31-34-37-40-43-46-49-52-55-58-61-67(76)83-64-66(85-68(77)62-59-56-53-50-47-44-41-38-35-32-29-26-23-20-17-14-11-8-5-2)65-84-75-73(71(80)70(79)72(87-75)74(81)82)86-69(78)63-60-57-54-51-48-45-42-39-36-33-30-27-24-21-18-15-12-9-6-3/h9,12,16-21,25-30,36,39,45,48,54,57,66,70-73,75,79-80H,4-8,10-11,13-15,22-24,31-35,37-38,40-44,46-47,49-53,55-56,58-65H2,1-3H3,(H,81,82)/b12-9-,19-16-,20-17-,21-18-,28-25-,29-26-,30-27-,39-36-,48-45-,57-54-. The third kappa shape index (κ3) is 50.7. The Bertz CT molecular complexity index is 1970. The largest absolute Gasteiger partial charge is 0.479 e. The summed E-state index contributed by atoms with van der Waals surface area (Å²) in [6.07, 6.45) is 73.0. The van der Waals surface area contributed by atoms with Crippen molar-refractivity contribution in [2.45, 2.75) is 314 Å². The van der Waals surface area contributed by atoms with Gasteiger partial charge in [-0.2, -0.15) is 0 Å². The summed E-state index contributed by atoms with van der Waals surface area (Å²) in [4.78, 5) is 51.4. The third-order valence-electron chi connectivity index (χ3n) is 15.0. The number of carbonyl (C=O) groups excluding carboxylic acids is 3. The van der Waals surface area contributed by atoms with Gasteiger partial charge in [0, 0.05) is 19.3 Å². The van der Waals surface area contributed by atoms with E-state index in [4.69, 9.17) is 23.7 Å². The minimum atomic E-state index is -1.94. The van der Waals surface area contributed by atoms with Gasteiger partial charge >= 0.3 is 23.9 Å². The van der Waals surface area contributed by atoms with Crippen LogP contribution in [0.1, 0.15) is 278 Å². The molecule has 87 heavy (non-hydrogen) atoms. The van der Waals surface area contributed by atoms with Crippen molar-refractivity contribution in [1.29, 1.82) is 0 Å². The Morgan fingerprint density at radius 1 is 0.391 bits per heavy atom. The maximum atomic E-state index is 13.2. The molecule has 0 spiro atoms. The molecule has 1 rings (SSSR count). The fraction of sp³-hybridized carbons (Fsp3) is 0.680. The van der Waals surface area contributed by atoms with E-state index in [-0.39, 0.29) is 25.9 Å². The van der Waals surface area contributed by atoms with Gasteiger partial charge < -0.3 is 39.0 Å². The molecule has 12 nitrogen and oxygen atoms in total. The van der Waals surface area contributed by atoms with Crippen LogP contribution < -0.4 is 0 Å². The number of allylic oxidation sites excluding steroid dienone is 20. The number of ether oxygens (including phenoxy) is 5. The van der Waals surface area contributed by atoms with E-state index in [1.165, 1.54) is 109 Å². The number of carboxylic acids is 1. The van der Waals surface area contributed by atoms with Crippen molar-refractivity contribution in [3.8, 4) is 0 Å². The highest BCUT2D eigenvalue weighted by molar-refractivity contribution is 5.74. The molecule has 0 aliphatic carbocycles. The first-order chi connectivity index (χ1) is 42.6. The monoisotopic (exact) mass is 1210 g/mol. The summed E-state index contributed by atoms with van der Waals surface area (Å²) in [6, 6.07) is 0. The lowest BCUT2D eigenvalue weighted by Gasteiger charge is -2.40. The fourth-order valence-corrected chi connectivity index (χ4v) is 9.75. The molecule has 0 saturated carbocycles.